The standard InChI is InChI=1S/C11H18O4/c1-11(2)14-6-9(15-11)10(13)7-4-3-5-8(7)12/h7,9-10,13H,3-6H2,1-2H3/t7-,9+,10-/m0/s1. The van der Waals surface area contributed by atoms with Crippen LogP contribution in [-0.2, 0) is 14.3 Å². The van der Waals surface area contributed by atoms with E-state index >= 15 is 0 Å². The Labute approximate surface area is 89.6 Å². The van der Waals surface area contributed by atoms with Crippen molar-refractivity contribution in [2.24, 2.45) is 5.92 Å². The molecule has 1 aliphatic carbocycles. The van der Waals surface area contributed by atoms with Crippen molar-refractivity contribution >= 4 is 5.78 Å². The highest BCUT2D eigenvalue weighted by Crippen LogP contribution is 2.31. The molecular weight excluding hydrogens is 196 g/mol. The first-order valence-corrected chi connectivity index (χ1v) is 5.52. The lowest BCUT2D eigenvalue weighted by Crippen LogP contribution is -2.38. The summed E-state index contributed by atoms with van der Waals surface area (Å²) in [5, 5.41) is 10.0. The van der Waals surface area contributed by atoms with E-state index in [0.29, 0.717) is 13.0 Å². The number of ether oxygens (including phenoxy) is 2. The third-order valence-electron chi connectivity index (χ3n) is 3.18. The first kappa shape index (κ1) is 11.0. The Morgan fingerprint density at radius 1 is 1.53 bits per heavy atom. The van der Waals surface area contributed by atoms with Crippen molar-refractivity contribution in [1.82, 2.24) is 0 Å². The molecule has 2 rings (SSSR count). The molecule has 86 valence electrons. The number of ketones is 1. The van der Waals surface area contributed by atoms with Crippen molar-refractivity contribution in [2.75, 3.05) is 6.61 Å². The molecule has 0 radical (unpaired) electrons. The van der Waals surface area contributed by atoms with E-state index in [-0.39, 0.29) is 17.8 Å². The van der Waals surface area contributed by atoms with Gasteiger partial charge in [0.1, 0.15) is 11.9 Å². The van der Waals surface area contributed by atoms with Crippen LogP contribution in [0.4, 0.5) is 0 Å². The van der Waals surface area contributed by atoms with Crippen molar-refractivity contribution < 1.29 is 19.4 Å². The second-order valence-electron chi connectivity index (χ2n) is 4.82. The average molecular weight is 214 g/mol. The third kappa shape index (κ3) is 2.22. The Morgan fingerprint density at radius 3 is 2.73 bits per heavy atom. The summed E-state index contributed by atoms with van der Waals surface area (Å²) in [6.45, 7) is 4.00. The molecule has 4 heteroatoms. The highest BCUT2D eigenvalue weighted by atomic mass is 16.7. The van der Waals surface area contributed by atoms with E-state index in [9.17, 15) is 9.90 Å². The lowest BCUT2D eigenvalue weighted by Gasteiger charge is -2.23. The molecule has 2 aliphatic rings. The average Bonchev–Trinajstić information content (AvgIpc) is 2.71. The largest absolute Gasteiger partial charge is 0.390 e. The van der Waals surface area contributed by atoms with Gasteiger partial charge >= 0.3 is 0 Å². The van der Waals surface area contributed by atoms with E-state index in [4.69, 9.17) is 9.47 Å². The molecule has 1 aliphatic heterocycles. The Morgan fingerprint density at radius 2 is 2.27 bits per heavy atom. The number of carbonyl (C=O) groups is 1. The zero-order valence-corrected chi connectivity index (χ0v) is 9.23. The molecule has 1 saturated heterocycles. The summed E-state index contributed by atoms with van der Waals surface area (Å²) in [6, 6.07) is 0. The van der Waals surface area contributed by atoms with E-state index < -0.39 is 11.9 Å². The summed E-state index contributed by atoms with van der Waals surface area (Å²) >= 11 is 0. The molecule has 0 bridgehead atoms. The lowest BCUT2D eigenvalue weighted by molar-refractivity contribution is -0.157. The number of aliphatic hydroxyl groups excluding tert-OH is 1. The van der Waals surface area contributed by atoms with Crippen LogP contribution in [0.5, 0.6) is 0 Å². The Kier molecular flexibility index (Phi) is 2.83. The molecule has 3 atom stereocenters. The normalized spacial score (nSPS) is 37.1. The summed E-state index contributed by atoms with van der Waals surface area (Å²) in [4.78, 5) is 11.5. The minimum atomic E-state index is -0.707. The predicted octanol–water partition coefficient (Wildman–Crippen LogP) is 0.868. The maximum absolute atomic E-state index is 11.5. The van der Waals surface area contributed by atoms with Crippen LogP contribution in [0.15, 0.2) is 0 Å². The monoisotopic (exact) mass is 214 g/mol. The Hall–Kier alpha value is -0.450. The predicted molar refractivity (Wildman–Crippen MR) is 53.3 cm³/mol. The fourth-order valence-corrected chi connectivity index (χ4v) is 2.35. The highest BCUT2D eigenvalue weighted by Gasteiger charge is 2.42. The number of hydrogen-bond donors (Lipinski definition) is 1. The van der Waals surface area contributed by atoms with Crippen molar-refractivity contribution in [3.8, 4) is 0 Å². The van der Waals surface area contributed by atoms with Crippen LogP contribution in [0.1, 0.15) is 33.1 Å². The topological polar surface area (TPSA) is 55.8 Å². The van der Waals surface area contributed by atoms with Gasteiger partial charge in [0.2, 0.25) is 0 Å². The SMILES string of the molecule is CC1(C)OC[C@H]([C@@H](O)[C@H]2CCCC2=O)O1. The first-order valence-electron chi connectivity index (χ1n) is 5.52. The first-order chi connectivity index (χ1) is 6.99. The van der Waals surface area contributed by atoms with Gasteiger partial charge in [0, 0.05) is 12.3 Å². The summed E-state index contributed by atoms with van der Waals surface area (Å²) in [5.41, 5.74) is 0. The minimum Gasteiger partial charge on any atom is -0.390 e. The van der Waals surface area contributed by atoms with Crippen LogP contribution >= 0.6 is 0 Å². The quantitative estimate of drug-likeness (QED) is 0.741. The number of hydrogen-bond acceptors (Lipinski definition) is 4. The van der Waals surface area contributed by atoms with E-state index in [2.05, 4.69) is 0 Å². The molecule has 4 nitrogen and oxygen atoms in total. The molecule has 0 aromatic heterocycles. The second-order valence-corrected chi connectivity index (χ2v) is 4.82. The maximum Gasteiger partial charge on any atom is 0.163 e. The fraction of sp³-hybridized carbons (Fsp3) is 0.909. The molecule has 1 saturated carbocycles. The van der Waals surface area contributed by atoms with Crippen LogP contribution in [-0.4, -0.2) is 35.5 Å². The highest BCUT2D eigenvalue weighted by molar-refractivity contribution is 5.83. The fourth-order valence-electron chi connectivity index (χ4n) is 2.35. The summed E-state index contributed by atoms with van der Waals surface area (Å²) in [6.07, 6.45) is 1.20. The molecule has 0 aromatic rings. The van der Waals surface area contributed by atoms with Crippen LogP contribution in [0.2, 0.25) is 0 Å². The Bertz CT molecular complexity index is 261. The maximum atomic E-state index is 11.5. The summed E-state index contributed by atoms with van der Waals surface area (Å²) < 4.78 is 10.9. The number of rotatable bonds is 2. The molecule has 0 amide bonds. The smallest absolute Gasteiger partial charge is 0.163 e. The molecule has 15 heavy (non-hydrogen) atoms. The van der Waals surface area contributed by atoms with Gasteiger partial charge in [-0.05, 0) is 26.7 Å². The zero-order valence-electron chi connectivity index (χ0n) is 9.23. The van der Waals surface area contributed by atoms with Crippen LogP contribution in [0.3, 0.4) is 0 Å². The summed E-state index contributed by atoms with van der Waals surface area (Å²) in [5.74, 6) is -0.712. The number of carbonyl (C=O) groups excluding carboxylic acids is 1. The summed E-state index contributed by atoms with van der Waals surface area (Å²) in [7, 11) is 0. The molecular formula is C11H18O4. The number of aliphatic hydroxyl groups is 1. The van der Waals surface area contributed by atoms with Crippen molar-refractivity contribution in [3.63, 3.8) is 0 Å². The molecule has 0 spiro atoms. The van der Waals surface area contributed by atoms with Gasteiger partial charge in [0.25, 0.3) is 0 Å². The van der Waals surface area contributed by atoms with Gasteiger partial charge in [0.15, 0.2) is 5.79 Å². The van der Waals surface area contributed by atoms with E-state index in [1.165, 1.54) is 0 Å². The van der Waals surface area contributed by atoms with Crippen molar-refractivity contribution in [1.29, 1.82) is 0 Å². The molecule has 0 unspecified atom stereocenters. The second kappa shape index (κ2) is 3.85. The molecule has 2 fully saturated rings. The van der Waals surface area contributed by atoms with Gasteiger partial charge in [-0.3, -0.25) is 4.79 Å². The van der Waals surface area contributed by atoms with Gasteiger partial charge in [-0.1, -0.05) is 0 Å². The number of Topliss-reactive ketones (excluding diaryl/α,β-unsaturated/α-hetero) is 1. The van der Waals surface area contributed by atoms with E-state index in [1.807, 2.05) is 13.8 Å². The van der Waals surface area contributed by atoms with Gasteiger partial charge in [-0.2, -0.15) is 0 Å². The molecule has 1 heterocycles. The van der Waals surface area contributed by atoms with Crippen LogP contribution < -0.4 is 0 Å². The van der Waals surface area contributed by atoms with Crippen LogP contribution in [0.25, 0.3) is 0 Å². The van der Waals surface area contributed by atoms with Crippen molar-refractivity contribution in [3.05, 3.63) is 0 Å². The van der Waals surface area contributed by atoms with E-state index in [0.717, 1.165) is 12.8 Å². The minimum absolute atomic E-state index is 0.163. The van der Waals surface area contributed by atoms with Gasteiger partial charge in [-0.15, -0.1) is 0 Å². The van der Waals surface area contributed by atoms with E-state index in [1.54, 1.807) is 0 Å². The van der Waals surface area contributed by atoms with Gasteiger partial charge < -0.3 is 14.6 Å². The van der Waals surface area contributed by atoms with Crippen molar-refractivity contribution in [2.45, 2.75) is 51.1 Å². The van der Waals surface area contributed by atoms with Crippen LogP contribution in [0, 0.1) is 5.92 Å². The molecule has 0 aromatic carbocycles. The van der Waals surface area contributed by atoms with Gasteiger partial charge in [0.05, 0.1) is 12.7 Å². The lowest BCUT2D eigenvalue weighted by atomic mass is 9.96. The third-order valence-corrected chi connectivity index (χ3v) is 3.18. The van der Waals surface area contributed by atoms with Gasteiger partial charge in [-0.25, -0.2) is 0 Å². The Balaban J connectivity index is 1.97. The molecule has 1 N–H and O–H groups in total. The zero-order chi connectivity index (χ0) is 11.1.